The van der Waals surface area contributed by atoms with Crippen molar-refractivity contribution in [2.75, 3.05) is 0 Å². The Bertz CT molecular complexity index is 561. The smallest absolute Gasteiger partial charge is 0.130 e. The summed E-state index contributed by atoms with van der Waals surface area (Å²) in [5.74, 6) is 0.865. The Morgan fingerprint density at radius 1 is 1.40 bits per heavy atom. The lowest BCUT2D eigenvalue weighted by atomic mass is 10.1. The highest BCUT2D eigenvalue weighted by Crippen LogP contribution is 2.26. The third kappa shape index (κ3) is 3.39. The van der Waals surface area contributed by atoms with Crippen LogP contribution in [0, 0.1) is 6.92 Å². The number of hydrogen-bond donors (Lipinski definition) is 1. The van der Waals surface area contributed by atoms with Crippen LogP contribution in [0.2, 0.25) is 0 Å². The molecule has 1 heterocycles. The van der Waals surface area contributed by atoms with Crippen molar-refractivity contribution in [2.45, 2.75) is 46.4 Å². The summed E-state index contributed by atoms with van der Waals surface area (Å²) >= 11 is 0. The van der Waals surface area contributed by atoms with Crippen LogP contribution in [0.1, 0.15) is 43.1 Å². The highest BCUT2D eigenvalue weighted by molar-refractivity contribution is 5.39. The normalized spacial score (nSPS) is 12.4. The number of nitrogens with zero attached hydrogens (tertiary/aromatic N) is 2. The largest absolute Gasteiger partial charge is 0.487 e. The first kappa shape index (κ1) is 14.6. The molecular weight excluding hydrogens is 250 g/mol. The summed E-state index contributed by atoms with van der Waals surface area (Å²) in [5, 5.41) is 0. The molecule has 4 heteroatoms. The van der Waals surface area contributed by atoms with Crippen LogP contribution in [0.4, 0.5) is 0 Å². The van der Waals surface area contributed by atoms with E-state index in [9.17, 15) is 0 Å². The van der Waals surface area contributed by atoms with Crippen LogP contribution >= 0.6 is 0 Å². The summed E-state index contributed by atoms with van der Waals surface area (Å²) in [5.41, 5.74) is 9.29. The van der Waals surface area contributed by atoms with E-state index in [1.807, 2.05) is 31.6 Å². The molecule has 4 nitrogen and oxygen atoms in total. The third-order valence-corrected chi connectivity index (χ3v) is 3.30. The van der Waals surface area contributed by atoms with E-state index in [1.54, 1.807) is 0 Å². The van der Waals surface area contributed by atoms with Gasteiger partial charge in [0.15, 0.2) is 0 Å². The van der Waals surface area contributed by atoms with Gasteiger partial charge in [0.1, 0.15) is 12.4 Å². The summed E-state index contributed by atoms with van der Waals surface area (Å²) < 4.78 is 8.10. The molecule has 0 bridgehead atoms. The topological polar surface area (TPSA) is 53.1 Å². The van der Waals surface area contributed by atoms with Gasteiger partial charge in [-0.3, -0.25) is 0 Å². The Morgan fingerprint density at radius 3 is 2.90 bits per heavy atom. The lowest BCUT2D eigenvalue weighted by Crippen LogP contribution is -2.10. The van der Waals surface area contributed by atoms with Gasteiger partial charge in [-0.2, -0.15) is 0 Å². The monoisotopic (exact) mass is 273 g/mol. The Kier molecular flexibility index (Phi) is 4.79. The molecule has 0 spiro atoms. The summed E-state index contributed by atoms with van der Waals surface area (Å²) in [4.78, 5) is 4.19. The van der Waals surface area contributed by atoms with Gasteiger partial charge in [0.2, 0.25) is 0 Å². The van der Waals surface area contributed by atoms with Gasteiger partial charge in [0.05, 0.1) is 18.2 Å². The molecule has 2 aromatic rings. The Labute approximate surface area is 120 Å². The number of benzene rings is 1. The van der Waals surface area contributed by atoms with E-state index < -0.39 is 0 Å². The maximum Gasteiger partial charge on any atom is 0.130 e. The van der Waals surface area contributed by atoms with Crippen LogP contribution in [0.15, 0.2) is 30.7 Å². The van der Waals surface area contributed by atoms with Crippen molar-refractivity contribution < 1.29 is 4.74 Å². The van der Waals surface area contributed by atoms with Crippen molar-refractivity contribution in [3.63, 3.8) is 0 Å². The van der Waals surface area contributed by atoms with Crippen molar-refractivity contribution >= 4 is 0 Å². The SMILES string of the molecule is CCCn1cncc1COc1cc(C)ccc1C(C)N. The fraction of sp³-hybridized carbons (Fsp3) is 0.438. The molecule has 20 heavy (non-hydrogen) atoms. The average Bonchev–Trinajstić information content (AvgIpc) is 2.84. The molecule has 0 saturated heterocycles. The van der Waals surface area contributed by atoms with Gasteiger partial charge in [-0.15, -0.1) is 0 Å². The molecule has 1 aromatic carbocycles. The second-order valence-corrected chi connectivity index (χ2v) is 5.20. The summed E-state index contributed by atoms with van der Waals surface area (Å²) in [6.07, 6.45) is 4.79. The molecule has 0 aliphatic rings. The van der Waals surface area contributed by atoms with Crippen molar-refractivity contribution in [3.8, 4) is 5.75 Å². The number of hydrogen-bond acceptors (Lipinski definition) is 3. The fourth-order valence-electron chi connectivity index (χ4n) is 2.21. The molecular formula is C16H23N3O. The first-order valence-corrected chi connectivity index (χ1v) is 7.09. The van der Waals surface area contributed by atoms with Crippen molar-refractivity contribution in [1.82, 2.24) is 9.55 Å². The van der Waals surface area contributed by atoms with Gasteiger partial charge >= 0.3 is 0 Å². The second-order valence-electron chi connectivity index (χ2n) is 5.20. The highest BCUT2D eigenvalue weighted by atomic mass is 16.5. The Hall–Kier alpha value is -1.81. The predicted molar refractivity (Wildman–Crippen MR) is 80.6 cm³/mol. The van der Waals surface area contributed by atoms with Gasteiger partial charge in [-0.1, -0.05) is 19.1 Å². The Balaban J connectivity index is 2.14. The molecule has 2 N–H and O–H groups in total. The van der Waals surface area contributed by atoms with Gasteiger partial charge < -0.3 is 15.0 Å². The first-order valence-electron chi connectivity index (χ1n) is 7.09. The van der Waals surface area contributed by atoms with Crippen LogP contribution in [-0.4, -0.2) is 9.55 Å². The average molecular weight is 273 g/mol. The van der Waals surface area contributed by atoms with E-state index in [-0.39, 0.29) is 6.04 Å². The molecule has 1 atom stereocenters. The standard InChI is InChI=1S/C16H23N3O/c1-4-7-19-11-18-9-14(19)10-20-16-8-12(2)5-6-15(16)13(3)17/h5-6,8-9,11,13H,4,7,10,17H2,1-3H3. The maximum absolute atomic E-state index is 5.99. The molecule has 0 aliphatic carbocycles. The molecule has 0 amide bonds. The summed E-state index contributed by atoms with van der Waals surface area (Å²) in [6, 6.07) is 6.11. The van der Waals surface area contributed by atoms with E-state index in [0.29, 0.717) is 6.61 Å². The zero-order chi connectivity index (χ0) is 14.5. The number of aromatic nitrogens is 2. The van der Waals surface area contributed by atoms with Gasteiger partial charge in [0.25, 0.3) is 0 Å². The van der Waals surface area contributed by atoms with Crippen LogP contribution in [-0.2, 0) is 13.2 Å². The molecule has 1 aromatic heterocycles. The lowest BCUT2D eigenvalue weighted by molar-refractivity contribution is 0.290. The highest BCUT2D eigenvalue weighted by Gasteiger charge is 2.10. The quantitative estimate of drug-likeness (QED) is 0.879. The molecule has 108 valence electrons. The van der Waals surface area contributed by atoms with Crippen LogP contribution in [0.25, 0.3) is 0 Å². The number of rotatable bonds is 6. The minimum atomic E-state index is -0.0360. The first-order chi connectivity index (χ1) is 9.61. The van der Waals surface area contributed by atoms with Crippen molar-refractivity contribution in [1.29, 1.82) is 0 Å². The minimum absolute atomic E-state index is 0.0360. The van der Waals surface area contributed by atoms with Crippen LogP contribution in [0.3, 0.4) is 0 Å². The van der Waals surface area contributed by atoms with Crippen molar-refractivity contribution in [2.24, 2.45) is 5.73 Å². The Morgan fingerprint density at radius 2 is 2.20 bits per heavy atom. The van der Waals surface area contributed by atoms with Gasteiger partial charge in [0, 0.05) is 18.2 Å². The summed E-state index contributed by atoms with van der Waals surface area (Å²) in [7, 11) is 0. The number of ether oxygens (including phenoxy) is 1. The van der Waals surface area contributed by atoms with Crippen molar-refractivity contribution in [3.05, 3.63) is 47.5 Å². The second kappa shape index (κ2) is 6.57. The maximum atomic E-state index is 5.99. The van der Waals surface area contributed by atoms with Gasteiger partial charge in [-0.05, 0) is 31.9 Å². The number of aryl methyl sites for hydroxylation is 2. The van der Waals surface area contributed by atoms with E-state index in [2.05, 4.69) is 29.5 Å². The minimum Gasteiger partial charge on any atom is -0.487 e. The number of imidazole rings is 1. The van der Waals surface area contributed by atoms with E-state index in [1.165, 1.54) is 5.56 Å². The molecule has 0 aliphatic heterocycles. The molecule has 1 unspecified atom stereocenters. The van der Waals surface area contributed by atoms with Crippen LogP contribution < -0.4 is 10.5 Å². The molecule has 0 fully saturated rings. The third-order valence-electron chi connectivity index (χ3n) is 3.30. The van der Waals surface area contributed by atoms with E-state index >= 15 is 0 Å². The van der Waals surface area contributed by atoms with E-state index in [4.69, 9.17) is 10.5 Å². The summed E-state index contributed by atoms with van der Waals surface area (Å²) in [6.45, 7) is 7.66. The van der Waals surface area contributed by atoms with Gasteiger partial charge in [-0.25, -0.2) is 4.98 Å². The molecule has 0 saturated carbocycles. The number of nitrogens with two attached hydrogens (primary N) is 1. The van der Waals surface area contributed by atoms with Crippen LogP contribution in [0.5, 0.6) is 5.75 Å². The zero-order valence-corrected chi connectivity index (χ0v) is 12.5. The fourth-order valence-corrected chi connectivity index (χ4v) is 2.21. The lowest BCUT2D eigenvalue weighted by Gasteiger charge is -2.15. The predicted octanol–water partition coefficient (Wildman–Crippen LogP) is 3.20. The molecule has 0 radical (unpaired) electrons. The molecule has 2 rings (SSSR count). The van der Waals surface area contributed by atoms with E-state index in [0.717, 1.165) is 30.0 Å². The zero-order valence-electron chi connectivity index (χ0n) is 12.5.